The number of nitrogens with zero attached hydrogens (tertiary/aromatic N) is 2. The molecule has 0 fully saturated rings. The van der Waals surface area contributed by atoms with E-state index in [0.29, 0.717) is 11.6 Å². The lowest BCUT2D eigenvalue weighted by Crippen LogP contribution is -2.17. The summed E-state index contributed by atoms with van der Waals surface area (Å²) in [5.74, 6) is 0.892. The number of nitrogens with one attached hydrogen (secondary N) is 1. The number of halogens is 2. The largest absolute Gasteiger partial charge is 0.436 e. The molecule has 6 heteroatoms. The van der Waals surface area contributed by atoms with E-state index in [0.717, 1.165) is 0 Å². The van der Waals surface area contributed by atoms with Crippen LogP contribution < -0.4 is 10.1 Å². The Morgan fingerprint density at radius 1 is 1.24 bits per heavy atom. The number of aromatic nitrogens is 2. The molecule has 4 nitrogen and oxygen atoms in total. The van der Waals surface area contributed by atoms with Gasteiger partial charge in [-0.3, -0.25) is 0 Å². The molecule has 1 aromatic heterocycles. The summed E-state index contributed by atoms with van der Waals surface area (Å²) in [5, 5.41) is 2.95. The quantitative estimate of drug-likeness (QED) is 0.913. The highest BCUT2D eigenvalue weighted by molar-refractivity contribution is 6.30. The Kier molecular flexibility index (Phi) is 4.32. The highest BCUT2D eigenvalue weighted by Gasteiger charge is 2.20. The van der Waals surface area contributed by atoms with Gasteiger partial charge in [-0.1, -0.05) is 38.4 Å². The second kappa shape index (κ2) is 5.85. The van der Waals surface area contributed by atoms with Crippen LogP contribution in [0.3, 0.4) is 0 Å². The fraction of sp³-hybridized carbons (Fsp3) is 0.333. The molecule has 112 valence electrons. The summed E-state index contributed by atoms with van der Waals surface area (Å²) in [6.07, 6.45) is 0. The third-order valence-electron chi connectivity index (χ3n) is 2.76. The minimum absolute atomic E-state index is 0.00596. The summed E-state index contributed by atoms with van der Waals surface area (Å²) < 4.78 is 19.4. The number of rotatable bonds is 3. The Morgan fingerprint density at radius 2 is 1.95 bits per heavy atom. The van der Waals surface area contributed by atoms with E-state index in [1.54, 1.807) is 19.2 Å². The normalized spacial score (nSPS) is 11.3. The fourth-order valence-electron chi connectivity index (χ4n) is 1.62. The van der Waals surface area contributed by atoms with Crippen molar-refractivity contribution in [3.05, 3.63) is 40.9 Å². The molecule has 0 spiro atoms. The van der Waals surface area contributed by atoms with Crippen molar-refractivity contribution in [3.63, 3.8) is 0 Å². The first-order chi connectivity index (χ1) is 9.81. The number of anilines is 1. The molecule has 0 bridgehead atoms. The van der Waals surface area contributed by atoms with Gasteiger partial charge in [0.05, 0.1) is 5.02 Å². The molecule has 0 aliphatic rings. The molecular weight excluding hydrogens is 293 g/mol. The van der Waals surface area contributed by atoms with Gasteiger partial charge in [0.25, 0.3) is 0 Å². The molecule has 0 unspecified atom stereocenters. The Morgan fingerprint density at radius 3 is 2.57 bits per heavy atom. The fourth-order valence-corrected chi connectivity index (χ4v) is 1.78. The minimum Gasteiger partial charge on any atom is -0.436 e. The lowest BCUT2D eigenvalue weighted by atomic mass is 9.96. The van der Waals surface area contributed by atoms with Gasteiger partial charge in [-0.25, -0.2) is 9.37 Å². The van der Waals surface area contributed by atoms with Crippen LogP contribution in [0.25, 0.3) is 0 Å². The van der Waals surface area contributed by atoms with Crippen molar-refractivity contribution < 1.29 is 9.13 Å². The van der Waals surface area contributed by atoms with Crippen LogP contribution in [0, 0.1) is 5.82 Å². The van der Waals surface area contributed by atoms with Crippen LogP contribution in [0.15, 0.2) is 24.3 Å². The zero-order chi connectivity index (χ0) is 15.6. The number of hydrogen-bond acceptors (Lipinski definition) is 4. The summed E-state index contributed by atoms with van der Waals surface area (Å²) in [7, 11) is 1.75. The molecule has 0 atom stereocenters. The molecule has 1 aromatic carbocycles. The van der Waals surface area contributed by atoms with Gasteiger partial charge in [-0.2, -0.15) is 4.98 Å². The number of benzene rings is 1. The summed E-state index contributed by atoms with van der Waals surface area (Å²) in [4.78, 5) is 8.72. The van der Waals surface area contributed by atoms with Crippen molar-refractivity contribution in [2.75, 3.05) is 12.4 Å². The number of hydrogen-bond donors (Lipinski definition) is 1. The van der Waals surface area contributed by atoms with Crippen LogP contribution in [0.1, 0.15) is 26.6 Å². The van der Waals surface area contributed by atoms with Gasteiger partial charge in [-0.15, -0.1) is 0 Å². The molecule has 0 saturated heterocycles. The van der Waals surface area contributed by atoms with Gasteiger partial charge < -0.3 is 10.1 Å². The van der Waals surface area contributed by atoms with Gasteiger partial charge in [0.1, 0.15) is 11.6 Å². The zero-order valence-electron chi connectivity index (χ0n) is 12.4. The molecule has 2 aromatic rings. The first kappa shape index (κ1) is 15.5. The van der Waals surface area contributed by atoms with Crippen LogP contribution >= 0.6 is 11.6 Å². The van der Waals surface area contributed by atoms with Crippen molar-refractivity contribution in [1.29, 1.82) is 0 Å². The maximum absolute atomic E-state index is 13.9. The first-order valence-corrected chi connectivity index (χ1v) is 6.88. The summed E-state index contributed by atoms with van der Waals surface area (Å²) in [6, 6.07) is 6.18. The van der Waals surface area contributed by atoms with Gasteiger partial charge in [-0.05, 0) is 12.1 Å². The summed E-state index contributed by atoms with van der Waals surface area (Å²) >= 11 is 5.74. The van der Waals surface area contributed by atoms with E-state index in [-0.39, 0.29) is 22.1 Å². The predicted molar refractivity (Wildman–Crippen MR) is 81.8 cm³/mol. The Bertz CT molecular complexity index is 656. The monoisotopic (exact) mass is 309 g/mol. The van der Waals surface area contributed by atoms with Crippen LogP contribution in [0.2, 0.25) is 5.02 Å². The van der Waals surface area contributed by atoms with Gasteiger partial charge in [0.2, 0.25) is 5.88 Å². The third kappa shape index (κ3) is 3.61. The van der Waals surface area contributed by atoms with Crippen molar-refractivity contribution in [3.8, 4) is 11.6 Å². The average molecular weight is 310 g/mol. The topological polar surface area (TPSA) is 47.0 Å². The van der Waals surface area contributed by atoms with E-state index in [1.165, 1.54) is 12.1 Å². The average Bonchev–Trinajstić information content (AvgIpc) is 2.42. The van der Waals surface area contributed by atoms with E-state index in [9.17, 15) is 4.39 Å². The standard InChI is InChI=1S/C15H17ClFN3O/c1-15(2,3)14-19-11(18-4)8-12(20-14)21-10-7-5-6-9(16)13(10)17/h5-8H,1-4H3,(H,18,19,20). The van der Waals surface area contributed by atoms with E-state index >= 15 is 0 Å². The second-order valence-corrected chi connectivity index (χ2v) is 5.98. The first-order valence-electron chi connectivity index (χ1n) is 6.50. The van der Waals surface area contributed by atoms with Crippen LogP contribution in [0.4, 0.5) is 10.2 Å². The maximum atomic E-state index is 13.9. The van der Waals surface area contributed by atoms with E-state index in [1.807, 2.05) is 20.8 Å². The Labute approximate surface area is 128 Å². The predicted octanol–water partition coefficient (Wildman–Crippen LogP) is 4.40. The van der Waals surface area contributed by atoms with Gasteiger partial charge >= 0.3 is 0 Å². The van der Waals surface area contributed by atoms with E-state index in [4.69, 9.17) is 16.3 Å². The van der Waals surface area contributed by atoms with Gasteiger partial charge in [0.15, 0.2) is 11.6 Å². The molecule has 0 radical (unpaired) electrons. The molecule has 0 aliphatic carbocycles. The van der Waals surface area contributed by atoms with E-state index in [2.05, 4.69) is 15.3 Å². The molecule has 0 saturated carbocycles. The molecule has 0 aliphatic heterocycles. The lowest BCUT2D eigenvalue weighted by Gasteiger charge is -2.18. The highest BCUT2D eigenvalue weighted by Crippen LogP contribution is 2.30. The van der Waals surface area contributed by atoms with Crippen molar-refractivity contribution in [2.45, 2.75) is 26.2 Å². The van der Waals surface area contributed by atoms with Crippen LogP contribution in [-0.2, 0) is 5.41 Å². The zero-order valence-corrected chi connectivity index (χ0v) is 13.1. The van der Waals surface area contributed by atoms with Crippen molar-refractivity contribution in [2.24, 2.45) is 0 Å². The maximum Gasteiger partial charge on any atom is 0.224 e. The molecule has 2 rings (SSSR count). The summed E-state index contributed by atoms with van der Waals surface area (Å²) in [6.45, 7) is 5.97. The molecule has 0 amide bonds. The van der Waals surface area contributed by atoms with Crippen LogP contribution in [-0.4, -0.2) is 17.0 Å². The molecule has 1 heterocycles. The highest BCUT2D eigenvalue weighted by atomic mass is 35.5. The Hall–Kier alpha value is -1.88. The lowest BCUT2D eigenvalue weighted by molar-refractivity contribution is 0.418. The van der Waals surface area contributed by atoms with Gasteiger partial charge in [0, 0.05) is 18.5 Å². The summed E-state index contributed by atoms with van der Waals surface area (Å²) in [5.41, 5.74) is -0.252. The molecule has 1 N–H and O–H groups in total. The SMILES string of the molecule is CNc1cc(Oc2cccc(Cl)c2F)nc(C(C)(C)C)n1. The van der Waals surface area contributed by atoms with Crippen molar-refractivity contribution >= 4 is 17.4 Å². The Balaban J connectivity index is 2.42. The second-order valence-electron chi connectivity index (χ2n) is 5.57. The van der Waals surface area contributed by atoms with Crippen LogP contribution in [0.5, 0.6) is 11.6 Å². The third-order valence-corrected chi connectivity index (χ3v) is 3.05. The van der Waals surface area contributed by atoms with Crippen molar-refractivity contribution in [1.82, 2.24) is 9.97 Å². The minimum atomic E-state index is -0.610. The number of ether oxygens (including phenoxy) is 1. The molecule has 21 heavy (non-hydrogen) atoms. The smallest absolute Gasteiger partial charge is 0.224 e. The van der Waals surface area contributed by atoms with E-state index < -0.39 is 5.82 Å². The molecular formula is C15H17ClFN3O.